The molecule has 84 valence electrons. The van der Waals surface area contributed by atoms with Crippen LogP contribution in [-0.4, -0.2) is 17.2 Å². The smallest absolute Gasteiger partial charge is 0.335 e. The molecule has 3 heteroatoms. The van der Waals surface area contributed by atoms with Crippen LogP contribution in [0.25, 0.3) is 11.8 Å². The molecule has 0 saturated carbocycles. The molecule has 1 aromatic rings. The second kappa shape index (κ2) is 3.63. The standard InChI is InChI=1S/C14H10O3/c15-14(16)9-5-6-13-12(7-9)11-4-2-1-3-10(11)8-17-13/h1-8,13H,(H,15,16). The Morgan fingerprint density at radius 1 is 1.29 bits per heavy atom. The minimum atomic E-state index is -0.917. The number of carboxylic acids is 1. The van der Waals surface area contributed by atoms with E-state index in [1.807, 2.05) is 24.3 Å². The van der Waals surface area contributed by atoms with Crippen LogP contribution in [0.5, 0.6) is 0 Å². The Hall–Kier alpha value is -2.29. The van der Waals surface area contributed by atoms with Gasteiger partial charge in [-0.3, -0.25) is 0 Å². The molecule has 0 fully saturated rings. The number of fused-ring (bicyclic) bond motifs is 2. The third kappa shape index (κ3) is 1.56. The lowest BCUT2D eigenvalue weighted by Gasteiger charge is -2.21. The van der Waals surface area contributed by atoms with Gasteiger partial charge in [0.25, 0.3) is 0 Å². The highest BCUT2D eigenvalue weighted by Gasteiger charge is 2.20. The van der Waals surface area contributed by atoms with Crippen molar-refractivity contribution < 1.29 is 14.6 Å². The highest BCUT2D eigenvalue weighted by molar-refractivity contribution is 5.94. The quantitative estimate of drug-likeness (QED) is 0.761. The largest absolute Gasteiger partial charge is 0.489 e. The van der Waals surface area contributed by atoms with Gasteiger partial charge in [-0.25, -0.2) is 4.79 Å². The lowest BCUT2D eigenvalue weighted by Crippen LogP contribution is -2.35. The van der Waals surface area contributed by atoms with Crippen molar-refractivity contribution in [2.24, 2.45) is 0 Å². The molecule has 3 nitrogen and oxygen atoms in total. The molecule has 1 unspecified atom stereocenters. The fourth-order valence-electron chi connectivity index (χ4n) is 2.08. The number of ether oxygens (including phenoxy) is 1. The molecular formula is C14H10O3. The molecule has 1 aliphatic carbocycles. The van der Waals surface area contributed by atoms with E-state index in [2.05, 4.69) is 0 Å². The topological polar surface area (TPSA) is 46.5 Å². The molecule has 1 aliphatic heterocycles. The van der Waals surface area contributed by atoms with Crippen molar-refractivity contribution in [2.45, 2.75) is 6.10 Å². The van der Waals surface area contributed by atoms with Gasteiger partial charge in [0.15, 0.2) is 0 Å². The van der Waals surface area contributed by atoms with Crippen molar-refractivity contribution in [1.29, 1.82) is 0 Å². The van der Waals surface area contributed by atoms with Gasteiger partial charge in [0.05, 0.1) is 11.8 Å². The van der Waals surface area contributed by atoms with Crippen LogP contribution in [0.4, 0.5) is 0 Å². The third-order valence-electron chi connectivity index (χ3n) is 2.93. The third-order valence-corrected chi connectivity index (χ3v) is 2.93. The summed E-state index contributed by atoms with van der Waals surface area (Å²) in [6, 6.07) is 7.80. The Bertz CT molecular complexity index is 665. The minimum Gasteiger partial charge on any atom is -0.489 e. The summed E-state index contributed by atoms with van der Waals surface area (Å²) in [7, 11) is 0. The Labute approximate surface area is 97.7 Å². The first kappa shape index (κ1) is 9.90. The van der Waals surface area contributed by atoms with E-state index in [1.54, 1.807) is 24.5 Å². The van der Waals surface area contributed by atoms with Crippen LogP contribution in [-0.2, 0) is 9.53 Å². The number of hydrogen-bond acceptors (Lipinski definition) is 2. The molecule has 2 aliphatic rings. The van der Waals surface area contributed by atoms with Crippen LogP contribution in [0, 0.1) is 0 Å². The molecular weight excluding hydrogens is 216 g/mol. The summed E-state index contributed by atoms with van der Waals surface area (Å²) >= 11 is 0. The lowest BCUT2D eigenvalue weighted by atomic mass is 9.95. The van der Waals surface area contributed by atoms with E-state index in [0.29, 0.717) is 0 Å². The molecule has 3 rings (SSSR count). The SMILES string of the molecule is O=C(O)C1=CC2=c3ccccc3=COC2C=C1. The van der Waals surface area contributed by atoms with Gasteiger partial charge in [-0.15, -0.1) is 0 Å². The van der Waals surface area contributed by atoms with E-state index in [0.717, 1.165) is 16.0 Å². The Morgan fingerprint density at radius 2 is 2.12 bits per heavy atom. The predicted molar refractivity (Wildman–Crippen MR) is 63.3 cm³/mol. The van der Waals surface area contributed by atoms with Crippen LogP contribution >= 0.6 is 0 Å². The van der Waals surface area contributed by atoms with E-state index >= 15 is 0 Å². The molecule has 0 spiro atoms. The zero-order chi connectivity index (χ0) is 11.8. The normalized spacial score (nSPS) is 20.6. The van der Waals surface area contributed by atoms with Crippen molar-refractivity contribution in [3.05, 3.63) is 58.5 Å². The molecule has 0 radical (unpaired) electrons. The summed E-state index contributed by atoms with van der Waals surface area (Å²) < 4.78 is 5.55. The average Bonchev–Trinajstić information content (AvgIpc) is 2.38. The monoisotopic (exact) mass is 226 g/mol. The number of carboxylic acid groups (broad SMARTS) is 1. The van der Waals surface area contributed by atoms with Crippen LogP contribution in [0.3, 0.4) is 0 Å². The van der Waals surface area contributed by atoms with Crippen LogP contribution in [0.2, 0.25) is 0 Å². The highest BCUT2D eigenvalue weighted by Crippen LogP contribution is 2.20. The predicted octanol–water partition coefficient (Wildman–Crippen LogP) is 0.555. The van der Waals surface area contributed by atoms with Crippen LogP contribution in [0.15, 0.2) is 48.1 Å². The summed E-state index contributed by atoms with van der Waals surface area (Å²) in [5.74, 6) is -0.917. The first-order chi connectivity index (χ1) is 8.25. The lowest BCUT2D eigenvalue weighted by molar-refractivity contribution is -0.132. The maximum Gasteiger partial charge on any atom is 0.335 e. The number of rotatable bonds is 1. The molecule has 1 aromatic carbocycles. The molecule has 1 atom stereocenters. The second-order valence-electron chi connectivity index (χ2n) is 3.98. The highest BCUT2D eigenvalue weighted by atomic mass is 16.5. The van der Waals surface area contributed by atoms with Gasteiger partial charge in [-0.05, 0) is 23.4 Å². The average molecular weight is 226 g/mol. The van der Waals surface area contributed by atoms with Gasteiger partial charge in [0, 0.05) is 10.8 Å². The van der Waals surface area contributed by atoms with Gasteiger partial charge in [-0.2, -0.15) is 0 Å². The fourth-order valence-corrected chi connectivity index (χ4v) is 2.08. The summed E-state index contributed by atoms with van der Waals surface area (Å²) in [5.41, 5.74) is 1.19. The number of benzene rings is 1. The Morgan fingerprint density at radius 3 is 2.94 bits per heavy atom. The molecule has 0 aromatic heterocycles. The van der Waals surface area contributed by atoms with E-state index in [1.165, 1.54) is 0 Å². The summed E-state index contributed by atoms with van der Waals surface area (Å²) in [5, 5.41) is 11.0. The first-order valence-electron chi connectivity index (χ1n) is 5.34. The maximum atomic E-state index is 11.0. The number of hydrogen-bond donors (Lipinski definition) is 1. The zero-order valence-electron chi connectivity index (χ0n) is 8.96. The van der Waals surface area contributed by atoms with Gasteiger partial charge in [0.1, 0.15) is 6.10 Å². The van der Waals surface area contributed by atoms with Gasteiger partial charge in [-0.1, -0.05) is 24.3 Å². The van der Waals surface area contributed by atoms with Crippen LogP contribution in [0.1, 0.15) is 0 Å². The van der Waals surface area contributed by atoms with Gasteiger partial charge in [0.2, 0.25) is 0 Å². The first-order valence-corrected chi connectivity index (χ1v) is 5.34. The van der Waals surface area contributed by atoms with Crippen molar-refractivity contribution in [3.63, 3.8) is 0 Å². The summed E-state index contributed by atoms with van der Waals surface area (Å²) in [6.45, 7) is 0. The Kier molecular flexibility index (Phi) is 2.11. The molecule has 0 amide bonds. The van der Waals surface area contributed by atoms with Crippen molar-refractivity contribution in [1.82, 2.24) is 0 Å². The van der Waals surface area contributed by atoms with E-state index in [9.17, 15) is 4.79 Å². The van der Waals surface area contributed by atoms with E-state index in [-0.39, 0.29) is 11.7 Å². The van der Waals surface area contributed by atoms with E-state index < -0.39 is 5.97 Å². The number of aliphatic carboxylic acids is 1. The second-order valence-corrected chi connectivity index (χ2v) is 3.98. The summed E-state index contributed by atoms with van der Waals surface area (Å²) in [4.78, 5) is 11.0. The van der Waals surface area contributed by atoms with Crippen molar-refractivity contribution >= 4 is 17.8 Å². The minimum absolute atomic E-state index is 0.173. The molecule has 0 bridgehead atoms. The maximum absolute atomic E-state index is 11.0. The summed E-state index contributed by atoms with van der Waals surface area (Å²) in [6.07, 6.45) is 6.57. The number of carbonyl (C=O) groups is 1. The molecule has 17 heavy (non-hydrogen) atoms. The van der Waals surface area contributed by atoms with Crippen molar-refractivity contribution in [3.8, 4) is 0 Å². The molecule has 0 saturated heterocycles. The zero-order valence-corrected chi connectivity index (χ0v) is 8.96. The fraction of sp³-hybridized carbons (Fsp3) is 0.0714. The van der Waals surface area contributed by atoms with E-state index in [4.69, 9.17) is 9.84 Å². The molecule has 1 N–H and O–H groups in total. The molecule has 1 heterocycles. The Balaban J connectivity index is 2.30. The van der Waals surface area contributed by atoms with Gasteiger partial charge < -0.3 is 9.84 Å². The van der Waals surface area contributed by atoms with Crippen molar-refractivity contribution in [2.75, 3.05) is 0 Å². The van der Waals surface area contributed by atoms with Gasteiger partial charge >= 0.3 is 5.97 Å². The van der Waals surface area contributed by atoms with Crippen LogP contribution < -0.4 is 10.4 Å².